The van der Waals surface area contributed by atoms with Gasteiger partial charge in [-0.1, -0.05) is 6.42 Å². The molecule has 0 bridgehead atoms. The molecule has 2 fully saturated rings. The molecule has 18 nitrogen and oxygen atoms in total. The number of aliphatic hydroxyl groups is 6. The number of amides is 3. The molecule has 45 heavy (non-hydrogen) atoms. The first-order valence-electron chi connectivity index (χ1n) is 15.2. The zero-order chi connectivity index (χ0) is 33.5. The van der Waals surface area contributed by atoms with Crippen molar-refractivity contribution in [3.63, 3.8) is 0 Å². The molecule has 0 aromatic carbocycles. The largest absolute Gasteiger partial charge is 0.388 e. The van der Waals surface area contributed by atoms with Crippen molar-refractivity contribution in [2.45, 2.75) is 94.5 Å². The molecule has 262 valence electrons. The Kier molecular flexibility index (Phi) is 17.6. The van der Waals surface area contributed by atoms with Gasteiger partial charge in [-0.25, -0.2) is 0 Å². The van der Waals surface area contributed by atoms with Crippen LogP contribution in [-0.2, 0) is 33.3 Å². The Morgan fingerprint density at radius 2 is 1.02 bits per heavy atom. The summed E-state index contributed by atoms with van der Waals surface area (Å²) < 4.78 is 21.5. The summed E-state index contributed by atoms with van der Waals surface area (Å²) in [6, 6.07) is 0. The standard InChI is InChI=1S/C27H51N5O13/c1-15-20(36)22(38)24(40)26(44-15)42-10-8-30-18(34)13-32(12-17(33)29-7-5-3-4-6-28)14-19(35)31-9-11-43-27-25(41)23(39)21(37)16(2)45-27/h15-16,20-27,36-41H,3-14,28H2,1-2H3,(H,29,33)(H,30,34)(H,31,35)/t15-,16-,20+,21+,22+,23+,24-,25-,26+,27+/m0/s1. The van der Waals surface area contributed by atoms with Crippen LogP contribution in [0.25, 0.3) is 0 Å². The average Bonchev–Trinajstić information content (AvgIpc) is 2.99. The van der Waals surface area contributed by atoms with Gasteiger partial charge in [0.25, 0.3) is 0 Å². The number of rotatable bonds is 19. The molecule has 0 radical (unpaired) electrons. The van der Waals surface area contributed by atoms with E-state index in [-0.39, 0.29) is 51.8 Å². The van der Waals surface area contributed by atoms with E-state index in [1.807, 2.05) is 0 Å². The molecule has 0 aliphatic carbocycles. The number of hydrogen-bond acceptors (Lipinski definition) is 15. The van der Waals surface area contributed by atoms with Crippen LogP contribution in [0.4, 0.5) is 0 Å². The van der Waals surface area contributed by atoms with E-state index in [2.05, 4.69) is 16.0 Å². The van der Waals surface area contributed by atoms with Crippen molar-refractivity contribution in [2.24, 2.45) is 5.73 Å². The molecule has 0 aromatic rings. The highest BCUT2D eigenvalue weighted by molar-refractivity contribution is 5.84. The first-order valence-corrected chi connectivity index (χ1v) is 15.2. The summed E-state index contributed by atoms with van der Waals surface area (Å²) in [5.41, 5.74) is 5.48. The van der Waals surface area contributed by atoms with Crippen LogP contribution in [0.15, 0.2) is 0 Å². The van der Waals surface area contributed by atoms with E-state index in [1.54, 1.807) is 0 Å². The molecule has 0 spiro atoms. The molecule has 2 aliphatic heterocycles. The summed E-state index contributed by atoms with van der Waals surface area (Å²) in [7, 11) is 0. The summed E-state index contributed by atoms with van der Waals surface area (Å²) in [6.45, 7) is 2.92. The Bertz CT molecular complexity index is 849. The lowest BCUT2D eigenvalue weighted by molar-refractivity contribution is -0.292. The molecule has 11 N–H and O–H groups in total. The minimum atomic E-state index is -1.48. The molecule has 0 aromatic heterocycles. The van der Waals surface area contributed by atoms with Gasteiger partial charge in [-0.05, 0) is 33.2 Å². The van der Waals surface area contributed by atoms with Gasteiger partial charge in [0.1, 0.15) is 36.6 Å². The van der Waals surface area contributed by atoms with Crippen molar-refractivity contribution in [1.29, 1.82) is 0 Å². The summed E-state index contributed by atoms with van der Waals surface area (Å²) >= 11 is 0. The minimum Gasteiger partial charge on any atom is -0.388 e. The monoisotopic (exact) mass is 653 g/mol. The van der Waals surface area contributed by atoms with E-state index in [1.165, 1.54) is 18.7 Å². The zero-order valence-corrected chi connectivity index (χ0v) is 25.8. The average molecular weight is 654 g/mol. The van der Waals surface area contributed by atoms with Crippen LogP contribution in [-0.4, -0.2) is 174 Å². The van der Waals surface area contributed by atoms with Gasteiger partial charge in [0.2, 0.25) is 17.7 Å². The lowest BCUT2D eigenvalue weighted by atomic mass is 10.0. The van der Waals surface area contributed by atoms with Crippen LogP contribution < -0.4 is 21.7 Å². The number of aliphatic hydroxyl groups excluding tert-OH is 6. The summed E-state index contributed by atoms with van der Waals surface area (Å²) in [5.74, 6) is -1.41. The SMILES string of the molecule is C[C@@H]1O[C@@H](OCCNC(=O)CN(CC(=O)NCCCCCN)CC(=O)NCCO[C@@H]2O[C@@H](C)[C@@H](O)[C@@H](O)[C@@H]2O)[C@@H](O)[C@H](O)[C@@H]1O. The first kappa shape index (κ1) is 39.1. The fourth-order valence-corrected chi connectivity index (χ4v) is 4.65. The number of unbranched alkanes of at least 4 members (excludes halogenated alkanes) is 2. The molecule has 0 unspecified atom stereocenters. The molecular formula is C27H51N5O13. The molecule has 2 heterocycles. The van der Waals surface area contributed by atoms with Crippen LogP contribution in [0.3, 0.4) is 0 Å². The summed E-state index contributed by atoms with van der Waals surface area (Å²) in [5, 5.41) is 67.3. The van der Waals surface area contributed by atoms with Crippen molar-refractivity contribution >= 4 is 17.7 Å². The van der Waals surface area contributed by atoms with Crippen LogP contribution in [0.2, 0.25) is 0 Å². The van der Waals surface area contributed by atoms with Gasteiger partial charge in [0, 0.05) is 19.6 Å². The quantitative estimate of drug-likeness (QED) is 0.0582. The topological polar surface area (TPSA) is 275 Å². The van der Waals surface area contributed by atoms with Gasteiger partial charge in [-0.15, -0.1) is 0 Å². The van der Waals surface area contributed by atoms with E-state index in [0.29, 0.717) is 13.1 Å². The first-order chi connectivity index (χ1) is 21.3. The van der Waals surface area contributed by atoms with Crippen LogP contribution in [0.1, 0.15) is 33.1 Å². The molecule has 3 amide bonds. The number of ether oxygens (including phenoxy) is 4. The third-order valence-electron chi connectivity index (χ3n) is 7.33. The van der Waals surface area contributed by atoms with Gasteiger partial charge >= 0.3 is 0 Å². The van der Waals surface area contributed by atoms with Gasteiger partial charge < -0.3 is 71.3 Å². The Morgan fingerprint density at radius 3 is 1.42 bits per heavy atom. The predicted octanol–water partition coefficient (Wildman–Crippen LogP) is -5.55. The van der Waals surface area contributed by atoms with Gasteiger partial charge in [-0.3, -0.25) is 19.3 Å². The lowest BCUT2D eigenvalue weighted by Gasteiger charge is -2.38. The van der Waals surface area contributed by atoms with Crippen LogP contribution in [0, 0.1) is 0 Å². The fourth-order valence-electron chi connectivity index (χ4n) is 4.65. The molecule has 10 atom stereocenters. The Balaban J connectivity index is 1.80. The summed E-state index contributed by atoms with van der Waals surface area (Å²) in [4.78, 5) is 39.1. The van der Waals surface area contributed by atoms with E-state index in [4.69, 9.17) is 24.7 Å². The van der Waals surface area contributed by atoms with Gasteiger partial charge in [0.15, 0.2) is 12.6 Å². The zero-order valence-electron chi connectivity index (χ0n) is 25.8. The Morgan fingerprint density at radius 1 is 0.622 bits per heavy atom. The normalized spacial score (nSPS) is 31.9. The minimum absolute atomic E-state index is 0.0113. The highest BCUT2D eigenvalue weighted by Crippen LogP contribution is 2.22. The second-order valence-electron chi connectivity index (χ2n) is 11.1. The highest BCUT2D eigenvalue weighted by Gasteiger charge is 2.43. The van der Waals surface area contributed by atoms with Crippen molar-refractivity contribution in [3.05, 3.63) is 0 Å². The van der Waals surface area contributed by atoms with Crippen LogP contribution >= 0.6 is 0 Å². The second kappa shape index (κ2) is 20.2. The van der Waals surface area contributed by atoms with Crippen molar-refractivity contribution in [3.8, 4) is 0 Å². The number of carbonyl (C=O) groups is 3. The smallest absolute Gasteiger partial charge is 0.234 e. The fraction of sp³-hybridized carbons (Fsp3) is 0.889. The molecule has 2 saturated heterocycles. The van der Waals surface area contributed by atoms with E-state index in [9.17, 15) is 45.0 Å². The number of nitrogens with one attached hydrogen (secondary N) is 3. The maximum Gasteiger partial charge on any atom is 0.234 e. The highest BCUT2D eigenvalue weighted by atomic mass is 16.7. The molecule has 2 rings (SSSR count). The molecule has 2 aliphatic rings. The number of nitrogens with zero attached hydrogens (tertiary/aromatic N) is 1. The number of nitrogens with two attached hydrogens (primary N) is 1. The third-order valence-corrected chi connectivity index (χ3v) is 7.33. The van der Waals surface area contributed by atoms with Crippen molar-refractivity contribution in [1.82, 2.24) is 20.9 Å². The van der Waals surface area contributed by atoms with Gasteiger partial charge in [0.05, 0.1) is 45.1 Å². The Labute approximate surface area is 262 Å². The predicted molar refractivity (Wildman–Crippen MR) is 155 cm³/mol. The number of carbonyl (C=O) groups excluding carboxylic acids is 3. The third kappa shape index (κ3) is 13.3. The number of hydrogen-bond donors (Lipinski definition) is 10. The molecule has 18 heteroatoms. The molecule has 0 saturated carbocycles. The van der Waals surface area contributed by atoms with E-state index in [0.717, 1.165) is 19.3 Å². The lowest BCUT2D eigenvalue weighted by Crippen LogP contribution is -2.57. The summed E-state index contributed by atoms with van der Waals surface area (Å²) in [6.07, 6.45) is -9.99. The maximum absolute atomic E-state index is 12.6. The maximum atomic E-state index is 12.6. The Hall–Kier alpha value is -2.07. The van der Waals surface area contributed by atoms with Crippen molar-refractivity contribution < 1.29 is 64.0 Å². The van der Waals surface area contributed by atoms with E-state index < -0.39 is 73.2 Å². The second-order valence-corrected chi connectivity index (χ2v) is 11.1. The van der Waals surface area contributed by atoms with Gasteiger partial charge in [-0.2, -0.15) is 0 Å². The van der Waals surface area contributed by atoms with E-state index >= 15 is 0 Å². The molecular weight excluding hydrogens is 602 g/mol. The van der Waals surface area contributed by atoms with Crippen LogP contribution in [0.5, 0.6) is 0 Å². The van der Waals surface area contributed by atoms with Crippen molar-refractivity contribution in [2.75, 3.05) is 59.0 Å².